The molecule has 9 atom stereocenters. The van der Waals surface area contributed by atoms with Crippen LogP contribution < -0.4 is 0 Å². The minimum Gasteiger partial charge on any atom is -0.0625 e. The molecule has 0 aromatic rings. The van der Waals surface area contributed by atoms with Crippen molar-refractivity contribution in [3.05, 3.63) is 0 Å². The second-order valence-electron chi connectivity index (χ2n) is 11.3. The summed E-state index contributed by atoms with van der Waals surface area (Å²) in [5.74, 6) is 11.4. The third-order valence-electron chi connectivity index (χ3n) is 9.24. The Hall–Kier alpha value is 0. The maximum Gasteiger partial charge on any atom is -0.0327 e. The molecule has 0 heterocycles. The van der Waals surface area contributed by atoms with E-state index in [9.17, 15) is 0 Å². The van der Waals surface area contributed by atoms with Gasteiger partial charge in [0.05, 0.1) is 0 Å². The minimum atomic E-state index is 0.913. The summed E-state index contributed by atoms with van der Waals surface area (Å²) < 4.78 is 0. The molecule has 0 aliphatic heterocycles. The molecule has 4 rings (SSSR count). The van der Waals surface area contributed by atoms with Crippen LogP contribution in [-0.2, 0) is 0 Å². The second kappa shape index (κ2) is 7.93. The van der Waals surface area contributed by atoms with Crippen LogP contribution in [0.5, 0.6) is 0 Å². The summed E-state index contributed by atoms with van der Waals surface area (Å²) in [5, 5.41) is 0. The minimum absolute atomic E-state index is 0.913. The van der Waals surface area contributed by atoms with Gasteiger partial charge in [-0.2, -0.15) is 0 Å². The van der Waals surface area contributed by atoms with Crippen LogP contribution in [0.15, 0.2) is 0 Å². The number of fused-ring (bicyclic) bond motifs is 2. The Morgan fingerprint density at radius 1 is 0.560 bits per heavy atom. The topological polar surface area (TPSA) is 0 Å². The molecule has 4 aliphatic carbocycles. The van der Waals surface area contributed by atoms with Gasteiger partial charge in [0.15, 0.2) is 0 Å². The van der Waals surface area contributed by atoms with Crippen molar-refractivity contribution in [3.63, 3.8) is 0 Å². The fourth-order valence-corrected chi connectivity index (χ4v) is 7.80. The number of hydrogen-bond donors (Lipinski definition) is 0. The van der Waals surface area contributed by atoms with Crippen molar-refractivity contribution in [1.82, 2.24) is 0 Å². The summed E-state index contributed by atoms with van der Waals surface area (Å²) in [6.45, 7) is 17.1. The Labute approximate surface area is 158 Å². The molecule has 0 aromatic heterocycles. The van der Waals surface area contributed by atoms with Crippen LogP contribution in [0, 0.1) is 65.1 Å². The van der Waals surface area contributed by atoms with E-state index in [-0.39, 0.29) is 0 Å². The second-order valence-corrected chi connectivity index (χ2v) is 11.3. The Bertz CT molecular complexity index is 422. The van der Waals surface area contributed by atoms with Crippen LogP contribution >= 0.6 is 0 Å². The zero-order valence-corrected chi connectivity index (χ0v) is 18.3. The molecule has 0 amide bonds. The first-order valence-electron chi connectivity index (χ1n) is 11.8. The zero-order chi connectivity index (χ0) is 18.3. The molecule has 25 heavy (non-hydrogen) atoms. The Morgan fingerprint density at radius 3 is 1.84 bits per heavy atom. The van der Waals surface area contributed by atoms with Gasteiger partial charge in [-0.3, -0.25) is 0 Å². The Kier molecular flexibility index (Phi) is 6.27. The highest BCUT2D eigenvalue weighted by Crippen LogP contribution is 2.56. The highest BCUT2D eigenvalue weighted by molar-refractivity contribution is 4.97. The van der Waals surface area contributed by atoms with Gasteiger partial charge in [-0.05, 0) is 97.2 Å². The maximum absolute atomic E-state index is 2.50. The van der Waals surface area contributed by atoms with Crippen molar-refractivity contribution >= 4 is 0 Å². The normalized spacial score (nSPS) is 48.6. The number of rotatable bonds is 2. The van der Waals surface area contributed by atoms with Gasteiger partial charge in [0, 0.05) is 0 Å². The van der Waals surface area contributed by atoms with Gasteiger partial charge < -0.3 is 0 Å². The lowest BCUT2D eigenvalue weighted by molar-refractivity contribution is 0.0423. The van der Waals surface area contributed by atoms with Crippen molar-refractivity contribution in [2.75, 3.05) is 0 Å². The van der Waals surface area contributed by atoms with Gasteiger partial charge in [0.25, 0.3) is 0 Å². The molecule has 0 N–H and O–H groups in total. The molecule has 0 saturated heterocycles. The molecular weight excluding hydrogens is 300 g/mol. The van der Waals surface area contributed by atoms with E-state index in [1.807, 2.05) is 0 Å². The van der Waals surface area contributed by atoms with Crippen LogP contribution in [-0.4, -0.2) is 0 Å². The lowest BCUT2D eigenvalue weighted by Crippen LogP contribution is -2.38. The number of hydrogen-bond acceptors (Lipinski definition) is 0. The van der Waals surface area contributed by atoms with E-state index >= 15 is 0 Å². The third-order valence-corrected chi connectivity index (χ3v) is 9.24. The highest BCUT2D eigenvalue weighted by Gasteiger charge is 2.48. The van der Waals surface area contributed by atoms with Crippen LogP contribution in [0.25, 0.3) is 0 Å². The van der Waals surface area contributed by atoms with E-state index < -0.39 is 0 Å². The molecule has 146 valence electrons. The lowest BCUT2D eigenvalue weighted by atomic mass is 9.61. The summed E-state index contributed by atoms with van der Waals surface area (Å²) in [7, 11) is 0. The van der Waals surface area contributed by atoms with E-state index in [0.717, 1.165) is 65.1 Å². The largest absolute Gasteiger partial charge is 0.0625 e. The average Bonchev–Trinajstić information content (AvgIpc) is 2.96. The van der Waals surface area contributed by atoms with E-state index in [4.69, 9.17) is 0 Å². The standard InChI is InChI=1S/C14H26.C11H20/c1-9(2)12-6-5-7-13-10(3)8-11(4)14(12)13;1-7(2)10-6-11-8(3)4-5-9(10)11/h9-14H,5-8H2,1-4H3;7-11H,4-6H2,1-3H3. The Balaban J connectivity index is 0.000000150. The molecule has 0 nitrogen and oxygen atoms in total. The van der Waals surface area contributed by atoms with E-state index in [1.54, 1.807) is 6.42 Å². The fourth-order valence-electron chi connectivity index (χ4n) is 7.80. The van der Waals surface area contributed by atoms with Crippen molar-refractivity contribution in [3.8, 4) is 0 Å². The predicted octanol–water partition coefficient (Wildman–Crippen LogP) is 7.68. The molecular formula is C25H46. The monoisotopic (exact) mass is 346 g/mol. The molecule has 0 aromatic carbocycles. The molecule has 0 radical (unpaired) electrons. The fraction of sp³-hybridized carbons (Fsp3) is 1.00. The van der Waals surface area contributed by atoms with Crippen LogP contribution in [0.3, 0.4) is 0 Å². The van der Waals surface area contributed by atoms with Crippen molar-refractivity contribution in [1.29, 1.82) is 0 Å². The van der Waals surface area contributed by atoms with Gasteiger partial charge in [0.1, 0.15) is 0 Å². The first-order chi connectivity index (χ1) is 11.8. The summed E-state index contributed by atoms with van der Waals surface area (Å²) in [6.07, 6.45) is 10.6. The van der Waals surface area contributed by atoms with E-state index in [2.05, 4.69) is 48.5 Å². The lowest BCUT2D eigenvalue weighted by Gasteiger charge is -2.45. The zero-order valence-electron chi connectivity index (χ0n) is 18.3. The summed E-state index contributed by atoms with van der Waals surface area (Å²) in [4.78, 5) is 0. The van der Waals surface area contributed by atoms with Crippen molar-refractivity contribution in [2.45, 2.75) is 93.4 Å². The van der Waals surface area contributed by atoms with Crippen LogP contribution in [0.1, 0.15) is 93.4 Å². The van der Waals surface area contributed by atoms with Gasteiger partial charge in [-0.25, -0.2) is 0 Å². The summed E-state index contributed by atoms with van der Waals surface area (Å²) in [5.41, 5.74) is 0. The van der Waals surface area contributed by atoms with Gasteiger partial charge in [-0.15, -0.1) is 0 Å². The maximum atomic E-state index is 2.50. The highest BCUT2D eigenvalue weighted by atomic mass is 14.5. The smallest absolute Gasteiger partial charge is 0.0327 e. The molecule has 4 saturated carbocycles. The Morgan fingerprint density at radius 2 is 1.24 bits per heavy atom. The van der Waals surface area contributed by atoms with E-state index in [1.165, 1.54) is 38.5 Å². The predicted molar refractivity (Wildman–Crippen MR) is 110 cm³/mol. The van der Waals surface area contributed by atoms with E-state index in [0.29, 0.717) is 0 Å². The molecule has 9 unspecified atom stereocenters. The quantitative estimate of drug-likeness (QED) is 0.481. The molecule has 0 bridgehead atoms. The molecule has 0 spiro atoms. The SMILES string of the molecule is CC(C)C1CC2C(C)CCC12.CC(C)C1CCCC2C(C)CC(C)C12. The average molecular weight is 347 g/mol. The van der Waals surface area contributed by atoms with Gasteiger partial charge >= 0.3 is 0 Å². The molecule has 0 heteroatoms. The van der Waals surface area contributed by atoms with Crippen molar-refractivity contribution < 1.29 is 0 Å². The summed E-state index contributed by atoms with van der Waals surface area (Å²) in [6, 6.07) is 0. The molecule has 4 aliphatic rings. The van der Waals surface area contributed by atoms with Gasteiger partial charge in [-0.1, -0.05) is 61.3 Å². The van der Waals surface area contributed by atoms with Crippen LogP contribution in [0.4, 0.5) is 0 Å². The third kappa shape index (κ3) is 3.84. The van der Waals surface area contributed by atoms with Crippen molar-refractivity contribution in [2.24, 2.45) is 65.1 Å². The van der Waals surface area contributed by atoms with Crippen LogP contribution in [0.2, 0.25) is 0 Å². The van der Waals surface area contributed by atoms with Gasteiger partial charge in [0.2, 0.25) is 0 Å². The first-order valence-corrected chi connectivity index (χ1v) is 11.8. The first kappa shape index (κ1) is 19.8. The molecule has 4 fully saturated rings. The summed E-state index contributed by atoms with van der Waals surface area (Å²) >= 11 is 0.